The van der Waals surface area contributed by atoms with Gasteiger partial charge in [0.15, 0.2) is 0 Å². The van der Waals surface area contributed by atoms with Gasteiger partial charge in [0.25, 0.3) is 0 Å². The molecule has 10 aliphatic rings. The van der Waals surface area contributed by atoms with Crippen LogP contribution in [-0.2, 0) is 0 Å². The Labute approximate surface area is 485 Å². The van der Waals surface area contributed by atoms with Crippen LogP contribution in [0.1, 0.15) is 226 Å². The van der Waals surface area contributed by atoms with Crippen LogP contribution in [0, 0.1) is 136 Å². The van der Waals surface area contributed by atoms with Gasteiger partial charge in [-0.25, -0.2) is 0 Å². The van der Waals surface area contributed by atoms with Crippen LogP contribution in [0.5, 0.6) is 0 Å². The van der Waals surface area contributed by atoms with E-state index in [0.29, 0.717) is 0 Å². The highest BCUT2D eigenvalue weighted by Crippen LogP contribution is 2.51. The van der Waals surface area contributed by atoms with Gasteiger partial charge >= 0.3 is 0 Å². The largest absolute Gasteiger partial charge is 0.399 e. The van der Waals surface area contributed by atoms with Gasteiger partial charge in [-0.3, -0.25) is 0 Å². The van der Waals surface area contributed by atoms with Crippen molar-refractivity contribution in [2.45, 2.75) is 234 Å². The second-order valence-electron chi connectivity index (χ2n) is 28.3. The van der Waals surface area contributed by atoms with Gasteiger partial charge < -0.3 is 5.73 Å². The Bertz CT molecular complexity index is 2160. The number of hydrogen-bond acceptors (Lipinski definition) is 1. The molecule has 0 spiro atoms. The number of hydrogen-bond donors (Lipinski definition) is 1. The number of nitrogen functional groups attached to an aromatic ring is 1. The summed E-state index contributed by atoms with van der Waals surface area (Å²) < 4.78 is 0. The van der Waals surface area contributed by atoms with Crippen molar-refractivity contribution in [1.29, 1.82) is 0 Å². The molecule has 14 atom stereocenters. The van der Waals surface area contributed by atoms with E-state index in [1.807, 2.05) is 31.2 Å². The first-order valence-corrected chi connectivity index (χ1v) is 32.5. The highest BCUT2D eigenvalue weighted by atomic mass is 14.5. The van der Waals surface area contributed by atoms with Crippen LogP contribution in [-0.4, -0.2) is 0 Å². The lowest BCUT2D eigenvalue weighted by molar-refractivity contribution is 0.172. The Kier molecular flexibility index (Phi) is 29.7. The Morgan fingerprint density at radius 2 is 0.897 bits per heavy atom. The molecule has 0 heterocycles. The van der Waals surface area contributed by atoms with Crippen LogP contribution in [0.2, 0.25) is 0 Å². The molecule has 436 valence electrons. The Morgan fingerprint density at radius 1 is 0.397 bits per heavy atom. The number of nitrogens with two attached hydrogens (primary N) is 1. The molecule has 6 bridgehead atoms. The summed E-state index contributed by atoms with van der Waals surface area (Å²) in [5.74, 6) is 15.8. The normalized spacial score (nSPS) is 33.0. The Morgan fingerprint density at radius 3 is 1.26 bits per heavy atom. The standard InChI is InChI=1S/C10H16.C9H16.C9H14.C9H12.C9H16.C8H16.C8H14.C8H10.C7H9N/c1-7-5-10-4-3-9(7)6-8(10)2;2*1-6-3-9-5-8(6)4-7(9)2;1-7-4-5-8(2)9(3)6-7;1-8-4-3-5-9(2)7-6-8;3*1-7-3-5-8(2)6-4-7;1-6-3-2-4-7(8)5-6/h3-4,7-10H,5-6H2,1-2H3;6-9H,3-5H2,1-2H3;3,7-9H,4-5H2,1-2H3;4-6H,1-3H3;3-4,8-9H,5-7H2,1-2H3;7-8H,3-6H2,1-2H3;3,8H,4-6H2,1-2H3;3-6H,1-2H3;2-5H,8H2,1H3. The van der Waals surface area contributed by atoms with Gasteiger partial charge in [-0.05, 0) is 262 Å². The van der Waals surface area contributed by atoms with Crippen LogP contribution < -0.4 is 5.73 Å². The summed E-state index contributed by atoms with van der Waals surface area (Å²) in [5.41, 5.74) is 17.5. The number of rotatable bonds is 0. The average Bonchev–Trinajstić information content (AvgIpc) is 4.15. The maximum absolute atomic E-state index is 5.46. The van der Waals surface area contributed by atoms with Crippen molar-refractivity contribution in [3.8, 4) is 0 Å². The zero-order valence-corrected chi connectivity index (χ0v) is 54.2. The Hall–Kier alpha value is -3.58. The highest BCUT2D eigenvalue weighted by Gasteiger charge is 2.41. The van der Waals surface area contributed by atoms with Crippen molar-refractivity contribution in [3.63, 3.8) is 0 Å². The first kappa shape index (κ1) is 66.9. The molecule has 2 N–H and O–H groups in total. The molecule has 0 saturated heterocycles. The second kappa shape index (κ2) is 34.6. The number of fused-ring (bicyclic) bond motifs is 6. The Balaban J connectivity index is 0.000000189. The molecule has 3 aromatic carbocycles. The van der Waals surface area contributed by atoms with E-state index in [1.165, 1.54) is 136 Å². The predicted octanol–water partition coefficient (Wildman–Crippen LogP) is 23.2. The first-order chi connectivity index (χ1) is 36.9. The van der Waals surface area contributed by atoms with Crippen molar-refractivity contribution in [3.05, 3.63) is 148 Å². The van der Waals surface area contributed by atoms with E-state index in [4.69, 9.17) is 5.73 Å². The number of anilines is 1. The molecular weight excluding hydrogens is 939 g/mol. The third kappa shape index (κ3) is 25.1. The molecule has 0 radical (unpaired) electrons. The van der Waals surface area contributed by atoms with Crippen LogP contribution >= 0.6 is 0 Å². The second-order valence-corrected chi connectivity index (χ2v) is 28.3. The lowest BCUT2D eigenvalue weighted by atomic mass is 9.65. The van der Waals surface area contributed by atoms with Crippen molar-refractivity contribution >= 4 is 5.69 Å². The molecule has 5 fully saturated rings. The van der Waals surface area contributed by atoms with Crippen molar-refractivity contribution < 1.29 is 0 Å². The van der Waals surface area contributed by atoms with Gasteiger partial charge in [-0.1, -0.05) is 214 Å². The zero-order valence-electron chi connectivity index (χ0n) is 54.2. The first-order valence-electron chi connectivity index (χ1n) is 32.5. The fourth-order valence-corrected chi connectivity index (χ4v) is 13.7. The van der Waals surface area contributed by atoms with E-state index in [1.54, 1.807) is 17.6 Å². The predicted molar refractivity (Wildman–Crippen MR) is 349 cm³/mol. The number of benzene rings is 3. The minimum atomic E-state index is 0.829. The quantitative estimate of drug-likeness (QED) is 0.176. The van der Waals surface area contributed by atoms with Crippen LogP contribution in [0.25, 0.3) is 0 Å². The number of aryl methyl sites for hydroxylation is 6. The summed E-state index contributed by atoms with van der Waals surface area (Å²) >= 11 is 0. The smallest absolute Gasteiger partial charge is 0.0316 e. The summed E-state index contributed by atoms with van der Waals surface area (Å²) in [6.07, 6.45) is 38.9. The molecule has 5 saturated carbocycles. The van der Waals surface area contributed by atoms with E-state index in [2.05, 4.69) is 197 Å². The zero-order chi connectivity index (χ0) is 57.5. The number of allylic oxidation sites excluding steroid dienone is 8. The van der Waals surface area contributed by atoms with E-state index in [-0.39, 0.29) is 0 Å². The molecule has 1 nitrogen and oxygen atoms in total. The van der Waals surface area contributed by atoms with E-state index < -0.39 is 0 Å². The molecule has 3 aromatic rings. The molecule has 13 rings (SSSR count). The third-order valence-electron chi connectivity index (χ3n) is 20.2. The maximum atomic E-state index is 5.46. The summed E-state index contributed by atoms with van der Waals surface area (Å²) in [4.78, 5) is 0. The monoisotopic (exact) mass is 1060 g/mol. The highest BCUT2D eigenvalue weighted by molar-refractivity contribution is 5.40. The summed E-state index contributed by atoms with van der Waals surface area (Å²) in [7, 11) is 0. The molecule has 1 heteroatoms. The van der Waals surface area contributed by atoms with Crippen molar-refractivity contribution in [2.24, 2.45) is 94.7 Å². The van der Waals surface area contributed by atoms with Gasteiger partial charge in [0, 0.05) is 5.69 Å². The summed E-state index contributed by atoms with van der Waals surface area (Å²) in [6, 6.07) is 22.8. The van der Waals surface area contributed by atoms with Gasteiger partial charge in [0.05, 0.1) is 0 Å². The fraction of sp³-hybridized carbons (Fsp3) is 0.662. The van der Waals surface area contributed by atoms with Gasteiger partial charge in [-0.15, -0.1) is 0 Å². The van der Waals surface area contributed by atoms with Crippen molar-refractivity contribution in [2.75, 3.05) is 5.73 Å². The average molecular weight is 1060 g/mol. The molecule has 78 heavy (non-hydrogen) atoms. The molecule has 0 aromatic heterocycles. The van der Waals surface area contributed by atoms with Gasteiger partial charge in [-0.2, -0.15) is 0 Å². The SMILES string of the molecule is CC1=CC2CC1CC2C.CC1=CCC(C)CC1.CC1C=CCC(C)CC1.CC1CC2C=CC1CC2C.CC1CC2CC1CC2C.CC1CCC(C)CC1.Cc1ccc(C)c(C)c1.Cc1ccc(C)cc1.Cc1cccc(N)c1. The van der Waals surface area contributed by atoms with E-state index in [0.717, 1.165) is 100 Å². The summed E-state index contributed by atoms with van der Waals surface area (Å²) in [6.45, 7) is 40.8. The van der Waals surface area contributed by atoms with Crippen LogP contribution in [0.4, 0.5) is 5.69 Å². The molecular formula is C77H123N. The molecule has 10 aliphatic carbocycles. The summed E-state index contributed by atoms with van der Waals surface area (Å²) in [5, 5.41) is 0. The lowest BCUT2D eigenvalue weighted by Crippen LogP contribution is -2.31. The third-order valence-corrected chi connectivity index (χ3v) is 20.2. The minimum absolute atomic E-state index is 0.829. The van der Waals surface area contributed by atoms with Gasteiger partial charge in [0.2, 0.25) is 0 Å². The van der Waals surface area contributed by atoms with E-state index >= 15 is 0 Å². The van der Waals surface area contributed by atoms with E-state index in [9.17, 15) is 0 Å². The molecule has 0 aliphatic heterocycles. The van der Waals surface area contributed by atoms with Crippen LogP contribution in [0.3, 0.4) is 0 Å². The topological polar surface area (TPSA) is 26.0 Å². The van der Waals surface area contributed by atoms with Crippen LogP contribution in [0.15, 0.2) is 114 Å². The van der Waals surface area contributed by atoms with Crippen molar-refractivity contribution in [1.82, 2.24) is 0 Å². The molecule has 14 unspecified atom stereocenters. The fourth-order valence-electron chi connectivity index (χ4n) is 13.7. The maximum Gasteiger partial charge on any atom is 0.0316 e. The lowest BCUT2D eigenvalue weighted by Gasteiger charge is -2.40. The minimum Gasteiger partial charge on any atom is -0.399 e. The molecule has 0 amide bonds. The van der Waals surface area contributed by atoms with Gasteiger partial charge in [0.1, 0.15) is 0 Å².